The van der Waals surface area contributed by atoms with Gasteiger partial charge in [-0.2, -0.15) is 5.26 Å². The molecule has 278 valence electrons. The molecule has 4 saturated carbocycles. The fraction of sp³-hybridized carbons (Fsp3) is 0.339. The topological polar surface area (TPSA) is 28.2 Å². The van der Waals surface area contributed by atoms with Gasteiger partial charge in [-0.25, -0.2) is 0 Å². The molecule has 58 heavy (non-hydrogen) atoms. The zero-order valence-electron chi connectivity index (χ0n) is 32.8. The first-order valence-electron chi connectivity index (χ1n) is 22.8. The van der Waals surface area contributed by atoms with Crippen molar-refractivity contribution in [1.82, 2.24) is 4.40 Å². The number of nitriles is 1. The third kappa shape index (κ3) is 3.29. The Morgan fingerprint density at radius 2 is 1.02 bits per heavy atom. The summed E-state index contributed by atoms with van der Waals surface area (Å²) in [6.45, 7) is 0. The fourth-order valence-corrected chi connectivity index (χ4v) is 16.9. The predicted octanol–water partition coefficient (Wildman–Crippen LogP) is 13.8. The summed E-state index contributed by atoms with van der Waals surface area (Å²) in [5.74, 6) is 5.66. The second-order valence-corrected chi connectivity index (χ2v) is 20.6. The molecule has 10 aliphatic carbocycles. The van der Waals surface area contributed by atoms with Crippen molar-refractivity contribution in [2.24, 2.45) is 23.7 Å². The van der Waals surface area contributed by atoms with Gasteiger partial charge in [-0.05, 0) is 197 Å². The van der Waals surface area contributed by atoms with Crippen LogP contribution in [-0.4, -0.2) is 4.40 Å². The van der Waals surface area contributed by atoms with Crippen molar-refractivity contribution in [3.05, 3.63) is 147 Å². The largest absolute Gasteiger partial charge is 0.308 e. The van der Waals surface area contributed by atoms with Gasteiger partial charge in [-0.15, -0.1) is 0 Å². The molecule has 4 unspecified atom stereocenters. The van der Waals surface area contributed by atoms with E-state index in [4.69, 9.17) is 0 Å². The molecular weight excluding hydrogens is 701 g/mol. The molecule has 6 aromatic carbocycles. The van der Waals surface area contributed by atoms with Crippen molar-refractivity contribution >= 4 is 38.1 Å². The van der Waals surface area contributed by atoms with Crippen molar-refractivity contribution in [3.63, 3.8) is 0 Å². The van der Waals surface area contributed by atoms with E-state index in [0.717, 1.165) is 29.2 Å². The molecule has 18 rings (SSSR count). The first kappa shape index (κ1) is 30.7. The molecular formula is C56H44N2. The van der Waals surface area contributed by atoms with Gasteiger partial charge in [0.2, 0.25) is 0 Å². The molecule has 4 atom stereocenters. The molecule has 1 spiro atoms. The Kier molecular flexibility index (Phi) is 5.32. The minimum absolute atomic E-state index is 0.428. The third-order valence-corrected chi connectivity index (χ3v) is 18.2. The van der Waals surface area contributed by atoms with Crippen LogP contribution >= 0.6 is 0 Å². The highest BCUT2D eigenvalue weighted by molar-refractivity contribution is 6.29. The Bertz CT molecular complexity index is 3200. The highest BCUT2D eigenvalue weighted by atomic mass is 14.9. The highest BCUT2D eigenvalue weighted by Crippen LogP contribution is 2.68. The van der Waals surface area contributed by atoms with Crippen molar-refractivity contribution in [2.75, 3.05) is 0 Å². The Labute approximate surface area is 338 Å². The number of nitrogens with zero attached hydrogens (tertiary/aromatic N) is 2. The summed E-state index contributed by atoms with van der Waals surface area (Å²) in [5.41, 5.74) is 22.4. The maximum atomic E-state index is 11.2. The second-order valence-electron chi connectivity index (χ2n) is 20.6. The summed E-state index contributed by atoms with van der Waals surface area (Å²) in [6, 6.07) is 41.3. The SMILES string of the molecule is N#Cc1cc2c(c3c1C1CC4CC(C1)CC3C4)c1c3c(cc4c5c6c(ccc5n2c41)C1CC2CC(C1)CC6C2)-c1ccccc1C31c2ccccc2-c2ccccc21. The number of fused-ring (bicyclic) bond motifs is 17. The van der Waals surface area contributed by atoms with E-state index < -0.39 is 5.41 Å². The molecule has 0 aliphatic heterocycles. The summed E-state index contributed by atoms with van der Waals surface area (Å²) in [6.07, 6.45) is 13.4. The molecule has 0 amide bonds. The van der Waals surface area contributed by atoms with Crippen LogP contribution in [0.2, 0.25) is 0 Å². The molecule has 0 saturated heterocycles. The van der Waals surface area contributed by atoms with Crippen LogP contribution in [0, 0.1) is 35.0 Å². The summed E-state index contributed by atoms with van der Waals surface area (Å²) < 4.78 is 2.73. The van der Waals surface area contributed by atoms with Gasteiger partial charge in [-0.1, -0.05) is 78.9 Å². The van der Waals surface area contributed by atoms with E-state index in [2.05, 4.69) is 108 Å². The van der Waals surface area contributed by atoms with Gasteiger partial charge in [0.25, 0.3) is 0 Å². The Hall–Kier alpha value is -5.39. The summed E-state index contributed by atoms with van der Waals surface area (Å²) in [7, 11) is 0. The Morgan fingerprint density at radius 1 is 0.483 bits per heavy atom. The van der Waals surface area contributed by atoms with Crippen molar-refractivity contribution < 1.29 is 0 Å². The van der Waals surface area contributed by atoms with Gasteiger partial charge in [0.15, 0.2) is 0 Å². The van der Waals surface area contributed by atoms with Crippen molar-refractivity contribution in [1.29, 1.82) is 5.26 Å². The molecule has 0 N–H and O–H groups in total. The molecule has 2 aromatic heterocycles. The van der Waals surface area contributed by atoms with Gasteiger partial charge in [0, 0.05) is 21.5 Å². The van der Waals surface area contributed by atoms with Crippen molar-refractivity contribution in [2.45, 2.75) is 93.3 Å². The molecule has 2 heteroatoms. The first-order chi connectivity index (χ1) is 28.7. The fourth-order valence-electron chi connectivity index (χ4n) is 16.9. The lowest BCUT2D eigenvalue weighted by Crippen LogP contribution is -2.26. The van der Waals surface area contributed by atoms with Crippen LogP contribution in [0.15, 0.2) is 97.1 Å². The quantitative estimate of drug-likeness (QED) is 0.152. The van der Waals surface area contributed by atoms with Crippen LogP contribution in [0.25, 0.3) is 60.3 Å². The van der Waals surface area contributed by atoms with E-state index in [9.17, 15) is 5.26 Å². The minimum Gasteiger partial charge on any atom is -0.308 e. The second kappa shape index (κ2) is 10.1. The number of rotatable bonds is 0. The van der Waals surface area contributed by atoms with Crippen LogP contribution in [-0.2, 0) is 5.41 Å². The number of hydrogen-bond donors (Lipinski definition) is 0. The zero-order chi connectivity index (χ0) is 37.3. The monoisotopic (exact) mass is 744 g/mol. The molecule has 2 nitrogen and oxygen atoms in total. The summed E-state index contributed by atoms with van der Waals surface area (Å²) >= 11 is 0. The summed E-state index contributed by atoms with van der Waals surface area (Å²) in [5, 5.41) is 17.2. The van der Waals surface area contributed by atoms with E-state index in [-0.39, 0.29) is 0 Å². The average molecular weight is 745 g/mol. The van der Waals surface area contributed by atoms with Crippen LogP contribution in [0.1, 0.15) is 138 Å². The zero-order valence-corrected chi connectivity index (χ0v) is 32.8. The number of aromatic nitrogens is 1. The predicted molar refractivity (Wildman–Crippen MR) is 233 cm³/mol. The minimum atomic E-state index is -0.428. The van der Waals surface area contributed by atoms with Crippen LogP contribution in [0.4, 0.5) is 0 Å². The van der Waals surface area contributed by atoms with Crippen molar-refractivity contribution in [3.8, 4) is 28.3 Å². The van der Waals surface area contributed by atoms with E-state index in [1.54, 1.807) is 22.1 Å². The smallest absolute Gasteiger partial charge is 0.0995 e. The Balaban J connectivity index is 1.17. The molecule has 8 aromatic rings. The highest BCUT2D eigenvalue weighted by Gasteiger charge is 2.54. The van der Waals surface area contributed by atoms with Gasteiger partial charge in [0.05, 0.1) is 33.6 Å². The third-order valence-electron chi connectivity index (χ3n) is 18.2. The maximum absolute atomic E-state index is 11.2. The van der Waals surface area contributed by atoms with E-state index in [0.29, 0.717) is 23.7 Å². The lowest BCUT2D eigenvalue weighted by atomic mass is 9.66. The van der Waals surface area contributed by atoms with Gasteiger partial charge in [-0.3, -0.25) is 0 Å². The summed E-state index contributed by atoms with van der Waals surface area (Å²) in [4.78, 5) is 0. The van der Waals surface area contributed by atoms with Gasteiger partial charge < -0.3 is 4.40 Å². The average Bonchev–Trinajstić information content (AvgIpc) is 3.87. The molecule has 0 radical (unpaired) electrons. The van der Waals surface area contributed by atoms with E-state index in [1.165, 1.54) is 147 Å². The Morgan fingerprint density at radius 3 is 1.62 bits per heavy atom. The van der Waals surface area contributed by atoms with E-state index in [1.807, 2.05) is 0 Å². The van der Waals surface area contributed by atoms with E-state index >= 15 is 0 Å². The molecule has 2 heterocycles. The lowest BCUT2D eigenvalue weighted by molar-refractivity contribution is 0.166. The van der Waals surface area contributed by atoms with Gasteiger partial charge >= 0.3 is 0 Å². The number of hydrogen-bond acceptors (Lipinski definition) is 1. The first-order valence-corrected chi connectivity index (χ1v) is 22.8. The van der Waals surface area contributed by atoms with Crippen LogP contribution in [0.3, 0.4) is 0 Å². The van der Waals surface area contributed by atoms with Crippen LogP contribution < -0.4 is 0 Å². The number of benzene rings is 6. The van der Waals surface area contributed by atoms with Gasteiger partial charge in [0.1, 0.15) is 0 Å². The molecule has 8 bridgehead atoms. The lowest BCUT2D eigenvalue weighted by Gasteiger charge is -2.38. The maximum Gasteiger partial charge on any atom is 0.0995 e. The molecule has 4 fully saturated rings. The molecule has 10 aliphatic rings. The van der Waals surface area contributed by atoms with Crippen LogP contribution in [0.5, 0.6) is 0 Å². The normalized spacial score (nSPS) is 29.5. The standard InChI is InChI=1S/C56H44N2/c57-27-36-25-47-52(50-35-23-30-16-31(24-35)20-33(19-30)48(36)50)53-54-41(40-9-3-6-12-45(40)56(54)43-10-4-1-7-38(43)39-8-2-5-11-44(39)56)26-42-51-46(58(47)55(42)53)14-13-37-32-17-28-15-29(18-32)22-34(21-28)49(37)51/h1-14,25-26,28-35H,15-24H2.